The van der Waals surface area contributed by atoms with Gasteiger partial charge in [-0.05, 0) is 24.3 Å². The molecule has 0 atom stereocenters. The molecule has 8 nitrogen and oxygen atoms in total. The average molecular weight is 410 g/mol. The third-order valence-electron chi connectivity index (χ3n) is 3.55. The first-order chi connectivity index (χ1) is 13.2. The van der Waals surface area contributed by atoms with Crippen LogP contribution in [0.1, 0.15) is 11.5 Å². The number of aromatic nitrogens is 2. The summed E-state index contributed by atoms with van der Waals surface area (Å²) < 4.78 is 38.7. The standard InChI is InChI=1S/C16H13F3N6O2S/c17-16(18,19)10-3-4-22-14(25-10)12(13(21)27)15-24-8-2-1-7(5-9(8)28-15)23-11(26)6-20/h1-5,24H,6,20H2,(H2,21,27)(H,23,26). The molecule has 2 amide bonds. The minimum absolute atomic E-state index is 0.184. The lowest BCUT2D eigenvalue weighted by molar-refractivity contribution is -0.141. The Bertz CT molecular complexity index is 993. The van der Waals surface area contributed by atoms with E-state index in [2.05, 4.69) is 20.6 Å². The van der Waals surface area contributed by atoms with Gasteiger partial charge in [0.1, 0.15) is 11.3 Å². The average Bonchev–Trinajstić information content (AvgIpc) is 3.03. The van der Waals surface area contributed by atoms with Crippen LogP contribution in [0.15, 0.2) is 40.4 Å². The van der Waals surface area contributed by atoms with Gasteiger partial charge in [-0.25, -0.2) is 9.97 Å². The van der Waals surface area contributed by atoms with E-state index in [4.69, 9.17) is 11.5 Å². The number of rotatable bonds is 4. The first-order valence-electron chi connectivity index (χ1n) is 7.72. The number of nitrogens with two attached hydrogens (primary N) is 2. The molecule has 146 valence electrons. The number of halogens is 3. The van der Waals surface area contributed by atoms with Crippen molar-refractivity contribution in [2.45, 2.75) is 11.1 Å². The number of alkyl halides is 3. The first-order valence-corrected chi connectivity index (χ1v) is 8.54. The van der Waals surface area contributed by atoms with Gasteiger partial charge in [-0.2, -0.15) is 13.2 Å². The first kappa shape index (κ1) is 19.6. The smallest absolute Gasteiger partial charge is 0.365 e. The molecule has 1 aromatic carbocycles. The monoisotopic (exact) mass is 410 g/mol. The predicted molar refractivity (Wildman–Crippen MR) is 96.8 cm³/mol. The highest BCUT2D eigenvalue weighted by Crippen LogP contribution is 2.44. The van der Waals surface area contributed by atoms with Gasteiger partial charge in [-0.1, -0.05) is 11.8 Å². The molecule has 3 rings (SSSR count). The van der Waals surface area contributed by atoms with Crippen LogP contribution in [-0.2, 0) is 15.8 Å². The Kier molecular flexibility index (Phi) is 5.25. The molecule has 1 aliphatic rings. The van der Waals surface area contributed by atoms with Crippen LogP contribution in [0.25, 0.3) is 5.57 Å². The van der Waals surface area contributed by atoms with E-state index in [9.17, 15) is 22.8 Å². The van der Waals surface area contributed by atoms with Crippen LogP contribution in [0.2, 0.25) is 0 Å². The Morgan fingerprint density at radius 1 is 1.25 bits per heavy atom. The number of primary amides is 1. The van der Waals surface area contributed by atoms with Crippen LogP contribution in [0, 0.1) is 0 Å². The molecule has 0 saturated heterocycles. The molecule has 12 heteroatoms. The Morgan fingerprint density at radius 3 is 2.64 bits per heavy atom. The summed E-state index contributed by atoms with van der Waals surface area (Å²) in [6, 6.07) is 5.56. The molecule has 0 spiro atoms. The highest BCUT2D eigenvalue weighted by molar-refractivity contribution is 8.04. The molecule has 0 unspecified atom stereocenters. The normalized spacial score (nSPS) is 14.9. The summed E-state index contributed by atoms with van der Waals surface area (Å²) in [7, 11) is 0. The third kappa shape index (κ3) is 4.07. The van der Waals surface area contributed by atoms with Crippen molar-refractivity contribution in [1.29, 1.82) is 0 Å². The Morgan fingerprint density at radius 2 is 2.00 bits per heavy atom. The van der Waals surface area contributed by atoms with Gasteiger partial charge in [0.15, 0.2) is 5.82 Å². The highest BCUT2D eigenvalue weighted by Gasteiger charge is 2.34. The second-order valence-corrected chi connectivity index (χ2v) is 6.57. The number of hydrogen-bond acceptors (Lipinski definition) is 7. The fourth-order valence-electron chi connectivity index (χ4n) is 2.33. The molecule has 0 radical (unpaired) electrons. The van der Waals surface area contributed by atoms with Crippen molar-refractivity contribution in [2.24, 2.45) is 11.5 Å². The van der Waals surface area contributed by atoms with Gasteiger partial charge in [0, 0.05) is 16.8 Å². The van der Waals surface area contributed by atoms with Gasteiger partial charge in [0.25, 0.3) is 5.91 Å². The maximum absolute atomic E-state index is 12.9. The summed E-state index contributed by atoms with van der Waals surface area (Å²) in [6.45, 7) is -0.188. The number of carbonyl (C=O) groups is 2. The minimum atomic E-state index is -4.69. The largest absolute Gasteiger partial charge is 0.433 e. The van der Waals surface area contributed by atoms with Gasteiger partial charge in [0.2, 0.25) is 5.91 Å². The Balaban J connectivity index is 1.98. The van der Waals surface area contributed by atoms with Crippen molar-refractivity contribution in [1.82, 2.24) is 9.97 Å². The van der Waals surface area contributed by atoms with Crippen molar-refractivity contribution in [2.75, 3.05) is 17.2 Å². The van der Waals surface area contributed by atoms with Gasteiger partial charge >= 0.3 is 6.18 Å². The lowest BCUT2D eigenvalue weighted by Gasteiger charge is -2.09. The summed E-state index contributed by atoms with van der Waals surface area (Å²) in [5.74, 6) is -1.82. The van der Waals surface area contributed by atoms with E-state index in [-0.39, 0.29) is 23.1 Å². The zero-order valence-corrected chi connectivity index (χ0v) is 14.8. The molecule has 6 N–H and O–H groups in total. The van der Waals surface area contributed by atoms with Crippen LogP contribution >= 0.6 is 11.8 Å². The highest BCUT2D eigenvalue weighted by atomic mass is 32.2. The van der Waals surface area contributed by atoms with E-state index in [1.165, 1.54) is 0 Å². The SMILES string of the molecule is NCC(=O)Nc1ccc2c(c1)SC(=C(C(N)=O)c1nccc(C(F)(F)F)n1)N2. The van der Waals surface area contributed by atoms with Gasteiger partial charge in [-0.15, -0.1) is 0 Å². The molecule has 2 aromatic rings. The molecule has 2 heterocycles. The summed E-state index contributed by atoms with van der Waals surface area (Å²) in [6.07, 6.45) is -3.79. The van der Waals surface area contributed by atoms with E-state index in [1.54, 1.807) is 18.2 Å². The molecule has 1 aliphatic heterocycles. The quantitative estimate of drug-likeness (QED) is 0.564. The summed E-state index contributed by atoms with van der Waals surface area (Å²) >= 11 is 1.05. The number of benzene rings is 1. The fourth-order valence-corrected chi connectivity index (χ4v) is 3.42. The molecule has 0 bridgehead atoms. The zero-order valence-electron chi connectivity index (χ0n) is 14.0. The number of amides is 2. The topological polar surface area (TPSA) is 136 Å². The van der Waals surface area contributed by atoms with Crippen LogP contribution in [0.3, 0.4) is 0 Å². The number of nitrogens with zero attached hydrogens (tertiary/aromatic N) is 2. The van der Waals surface area contributed by atoms with E-state index < -0.39 is 23.6 Å². The summed E-state index contributed by atoms with van der Waals surface area (Å²) in [5.41, 5.74) is 10.2. The van der Waals surface area contributed by atoms with Gasteiger partial charge in [-0.3, -0.25) is 9.59 Å². The summed E-state index contributed by atoms with van der Waals surface area (Å²) in [5, 5.41) is 5.68. The Labute approximate surface area is 160 Å². The van der Waals surface area contributed by atoms with Crippen molar-refractivity contribution < 1.29 is 22.8 Å². The number of fused-ring (bicyclic) bond motifs is 1. The number of anilines is 2. The maximum atomic E-state index is 12.9. The van der Waals surface area contributed by atoms with Crippen molar-refractivity contribution in [3.63, 3.8) is 0 Å². The molecular formula is C16H13F3N6O2S. The number of nitrogens with one attached hydrogen (secondary N) is 2. The molecule has 0 saturated carbocycles. The fraction of sp³-hybridized carbons (Fsp3) is 0.125. The second-order valence-electron chi connectivity index (χ2n) is 5.52. The van der Waals surface area contributed by atoms with Crippen LogP contribution < -0.4 is 22.1 Å². The van der Waals surface area contributed by atoms with Gasteiger partial charge in [0.05, 0.1) is 17.3 Å². The van der Waals surface area contributed by atoms with Crippen molar-refractivity contribution in [3.05, 3.63) is 47.0 Å². The maximum Gasteiger partial charge on any atom is 0.433 e. The van der Waals surface area contributed by atoms with Crippen LogP contribution in [0.4, 0.5) is 24.5 Å². The molecule has 1 aromatic heterocycles. The zero-order chi connectivity index (χ0) is 20.5. The van der Waals surface area contributed by atoms with E-state index in [0.29, 0.717) is 22.3 Å². The second kappa shape index (κ2) is 7.48. The van der Waals surface area contributed by atoms with E-state index in [1.807, 2.05) is 0 Å². The minimum Gasteiger partial charge on any atom is -0.365 e. The Hall–Kier alpha value is -3.12. The van der Waals surface area contributed by atoms with Crippen LogP contribution in [-0.4, -0.2) is 28.3 Å². The molecule has 0 aliphatic carbocycles. The van der Waals surface area contributed by atoms with E-state index in [0.717, 1.165) is 18.0 Å². The number of hydrogen-bond donors (Lipinski definition) is 4. The molecular weight excluding hydrogens is 397 g/mol. The van der Waals surface area contributed by atoms with Crippen LogP contribution in [0.5, 0.6) is 0 Å². The van der Waals surface area contributed by atoms with Gasteiger partial charge < -0.3 is 22.1 Å². The van der Waals surface area contributed by atoms with Crippen molar-refractivity contribution >= 4 is 40.5 Å². The predicted octanol–water partition coefficient (Wildman–Crippen LogP) is 1.76. The molecule has 0 fully saturated rings. The lowest BCUT2D eigenvalue weighted by Crippen LogP contribution is -2.21. The number of thioether (sulfide) groups is 1. The lowest BCUT2D eigenvalue weighted by atomic mass is 10.2. The third-order valence-corrected chi connectivity index (χ3v) is 4.62. The van der Waals surface area contributed by atoms with Crippen molar-refractivity contribution in [3.8, 4) is 0 Å². The molecule has 28 heavy (non-hydrogen) atoms. The van der Waals surface area contributed by atoms with E-state index >= 15 is 0 Å². The number of carbonyl (C=O) groups excluding carboxylic acids is 2. The summed E-state index contributed by atoms with van der Waals surface area (Å²) in [4.78, 5) is 31.1.